The van der Waals surface area contributed by atoms with Crippen molar-refractivity contribution in [1.29, 1.82) is 0 Å². The number of esters is 1. The van der Waals surface area contributed by atoms with Crippen molar-refractivity contribution in [1.82, 2.24) is 5.73 Å². The Morgan fingerprint density at radius 1 is 1.18 bits per heavy atom. The number of hydrogen-bond donors (Lipinski definition) is 0. The van der Waals surface area contributed by atoms with Gasteiger partial charge in [-0.2, -0.15) is 0 Å². The van der Waals surface area contributed by atoms with Crippen molar-refractivity contribution in [2.75, 3.05) is 6.54 Å². The van der Waals surface area contributed by atoms with Gasteiger partial charge in [0.05, 0.1) is 6.54 Å². The Morgan fingerprint density at radius 2 is 1.86 bits per heavy atom. The van der Waals surface area contributed by atoms with Gasteiger partial charge in [0.25, 0.3) is 0 Å². The Bertz CT molecular complexity index is 403. The highest BCUT2D eigenvalue weighted by Gasteiger charge is 2.24. The molecule has 0 saturated heterocycles. The lowest BCUT2D eigenvalue weighted by atomic mass is 10.2. The first kappa shape index (κ1) is 20.5. The minimum absolute atomic E-state index is 0.00608. The summed E-state index contributed by atoms with van der Waals surface area (Å²) in [5.74, 6) is -1.07. The van der Waals surface area contributed by atoms with E-state index in [1.54, 1.807) is 0 Å². The van der Waals surface area contributed by atoms with Gasteiger partial charge in [0.15, 0.2) is 14.6 Å². The third kappa shape index (κ3) is 13.5. The second kappa shape index (κ2) is 11.1. The number of unbranched alkanes of at least 4 members (excludes halogenated alkanes) is 2. The van der Waals surface area contributed by atoms with Gasteiger partial charge in [-0.25, -0.2) is 9.79 Å². The molecule has 0 heterocycles. The molecule has 8 heteroatoms. The molecule has 0 fully saturated rings. The zero-order valence-electron chi connectivity index (χ0n) is 13.5. The summed E-state index contributed by atoms with van der Waals surface area (Å²) >= 11 is 0. The molecule has 0 aromatic heterocycles. The monoisotopic (exact) mass is 329 g/mol. The van der Waals surface area contributed by atoms with E-state index < -0.39 is 20.5 Å². The maximum atomic E-state index is 11.8. The normalized spacial score (nSPS) is 12.3. The van der Waals surface area contributed by atoms with E-state index >= 15 is 0 Å². The molecule has 7 nitrogen and oxygen atoms in total. The molecule has 0 aliphatic heterocycles. The van der Waals surface area contributed by atoms with E-state index in [1.807, 2.05) is 19.6 Å². The number of carbonyl (C=O) groups is 2. The largest absolute Gasteiger partial charge is 0.437 e. The van der Waals surface area contributed by atoms with E-state index in [1.165, 1.54) is 6.08 Å². The Kier molecular flexibility index (Phi) is 10.4. The fraction of sp³-hybridized carbons (Fsp3) is 0.786. The molecule has 0 aliphatic carbocycles. The fourth-order valence-electron chi connectivity index (χ4n) is 1.67. The predicted molar refractivity (Wildman–Crippen MR) is 83.1 cm³/mol. The summed E-state index contributed by atoms with van der Waals surface area (Å²) in [5.41, 5.74) is 6.92. The van der Waals surface area contributed by atoms with Gasteiger partial charge in [-0.05, 0) is 32.5 Å². The first-order valence-corrected chi connectivity index (χ1v) is 10.8. The summed E-state index contributed by atoms with van der Waals surface area (Å²) in [6.07, 6.45) is 3.32. The molecule has 1 radical (unpaired) electrons. The molecular weight excluding hydrogens is 304 g/mol. The van der Waals surface area contributed by atoms with Crippen LogP contribution in [0.4, 0.5) is 0 Å². The second-order valence-electron chi connectivity index (χ2n) is 5.90. The van der Waals surface area contributed by atoms with Crippen molar-refractivity contribution in [2.45, 2.75) is 64.5 Å². The summed E-state index contributed by atoms with van der Waals surface area (Å²) in [6.45, 7) is 6.31. The van der Waals surface area contributed by atoms with Crippen molar-refractivity contribution in [2.24, 2.45) is 4.99 Å². The van der Waals surface area contributed by atoms with Crippen molar-refractivity contribution in [3.05, 3.63) is 0 Å². The first-order valence-electron chi connectivity index (χ1n) is 7.40. The van der Waals surface area contributed by atoms with E-state index in [9.17, 15) is 14.4 Å². The SMILES string of the molecule is C[Si](C)(C)OC(CCC([NH])=O)OC(=O)CCCCCN=C=O. The van der Waals surface area contributed by atoms with Crippen LogP contribution in [0.5, 0.6) is 0 Å². The molecule has 0 aliphatic rings. The quantitative estimate of drug-likeness (QED) is 0.136. The van der Waals surface area contributed by atoms with Crippen molar-refractivity contribution < 1.29 is 23.5 Å². The highest BCUT2D eigenvalue weighted by molar-refractivity contribution is 6.69. The van der Waals surface area contributed by atoms with Gasteiger partial charge >= 0.3 is 5.97 Å². The minimum atomic E-state index is -1.91. The predicted octanol–water partition coefficient (Wildman–Crippen LogP) is 2.19. The number of hydrogen-bond acceptors (Lipinski definition) is 6. The number of aliphatic imine (C=N–C) groups is 1. The average molecular weight is 329 g/mol. The molecule has 1 unspecified atom stereocenters. The molecule has 22 heavy (non-hydrogen) atoms. The van der Waals surface area contributed by atoms with Gasteiger partial charge in [0.1, 0.15) is 0 Å². The topological polar surface area (TPSA) is 106 Å². The van der Waals surface area contributed by atoms with Crippen molar-refractivity contribution >= 4 is 26.3 Å². The van der Waals surface area contributed by atoms with Crippen LogP contribution in [0.2, 0.25) is 19.6 Å². The highest BCUT2D eigenvalue weighted by atomic mass is 28.4. The number of rotatable bonds is 12. The lowest BCUT2D eigenvalue weighted by Gasteiger charge is -2.25. The number of amides is 1. The number of nitrogens with one attached hydrogen (secondary N) is 1. The molecule has 1 amide bonds. The van der Waals surface area contributed by atoms with Crippen LogP contribution < -0.4 is 5.73 Å². The number of isocyanates is 1. The van der Waals surface area contributed by atoms with Crippen LogP contribution in [0.25, 0.3) is 0 Å². The standard InChI is InChI=1S/C14H25N2O5Si/c1-22(2,3)21-14(9-8-12(15)18)20-13(19)7-5-4-6-10-16-11-17/h14-15H,4-10H2,1-3H3. The van der Waals surface area contributed by atoms with Gasteiger partial charge < -0.3 is 9.16 Å². The Morgan fingerprint density at radius 3 is 2.41 bits per heavy atom. The molecule has 0 aromatic rings. The summed E-state index contributed by atoms with van der Waals surface area (Å²) < 4.78 is 11.0. The van der Waals surface area contributed by atoms with Gasteiger partial charge in [-0.15, -0.1) is 0 Å². The van der Waals surface area contributed by atoms with E-state index in [-0.39, 0.29) is 25.2 Å². The maximum Gasteiger partial charge on any atom is 0.308 e. The molecule has 0 rings (SSSR count). The zero-order valence-corrected chi connectivity index (χ0v) is 14.5. The summed E-state index contributed by atoms with van der Waals surface area (Å²) in [5, 5.41) is 0. The van der Waals surface area contributed by atoms with Gasteiger partial charge in [-0.1, -0.05) is 6.42 Å². The van der Waals surface area contributed by atoms with Crippen LogP contribution in [0.1, 0.15) is 38.5 Å². The highest BCUT2D eigenvalue weighted by Crippen LogP contribution is 2.14. The van der Waals surface area contributed by atoms with Crippen molar-refractivity contribution in [3.63, 3.8) is 0 Å². The van der Waals surface area contributed by atoms with Gasteiger partial charge in [0, 0.05) is 19.3 Å². The minimum Gasteiger partial charge on any atom is -0.437 e. The van der Waals surface area contributed by atoms with Crippen LogP contribution >= 0.6 is 0 Å². The number of ether oxygens (including phenoxy) is 1. The molecule has 0 spiro atoms. The maximum absolute atomic E-state index is 11.8. The van der Waals surface area contributed by atoms with E-state index in [4.69, 9.17) is 14.9 Å². The van der Waals surface area contributed by atoms with Crippen LogP contribution in [0, 0.1) is 0 Å². The van der Waals surface area contributed by atoms with Crippen LogP contribution in [0.3, 0.4) is 0 Å². The third-order valence-corrected chi connectivity index (χ3v) is 3.54. The van der Waals surface area contributed by atoms with Gasteiger partial charge in [0.2, 0.25) is 12.0 Å². The van der Waals surface area contributed by atoms with Crippen LogP contribution in [0.15, 0.2) is 4.99 Å². The first-order chi connectivity index (χ1) is 10.2. The molecule has 1 atom stereocenters. The average Bonchev–Trinajstić information content (AvgIpc) is 2.38. The Hall–Kier alpha value is -1.50. The van der Waals surface area contributed by atoms with E-state index in [0.29, 0.717) is 13.0 Å². The summed E-state index contributed by atoms with van der Waals surface area (Å²) in [6, 6.07) is 0. The van der Waals surface area contributed by atoms with E-state index in [2.05, 4.69) is 4.99 Å². The van der Waals surface area contributed by atoms with E-state index in [0.717, 1.165) is 12.8 Å². The Balaban J connectivity index is 4.13. The molecule has 0 saturated carbocycles. The van der Waals surface area contributed by atoms with Crippen LogP contribution in [-0.2, 0) is 23.5 Å². The van der Waals surface area contributed by atoms with Gasteiger partial charge in [-0.3, -0.25) is 15.3 Å². The third-order valence-electron chi connectivity index (χ3n) is 2.57. The fourth-order valence-corrected chi connectivity index (χ4v) is 2.63. The molecule has 0 bridgehead atoms. The smallest absolute Gasteiger partial charge is 0.308 e. The number of nitrogens with zero attached hydrogens (tertiary/aromatic N) is 1. The summed E-state index contributed by atoms with van der Waals surface area (Å²) in [4.78, 5) is 35.8. The lowest BCUT2D eigenvalue weighted by Crippen LogP contribution is -2.35. The lowest BCUT2D eigenvalue weighted by molar-refractivity contribution is -0.166. The molecule has 0 aromatic carbocycles. The molecular formula is C14H25N2O5Si. The molecule has 1 N–H and O–H groups in total. The number of carbonyl (C=O) groups excluding carboxylic acids is 3. The Labute approximate surface area is 132 Å². The zero-order chi connectivity index (χ0) is 17.0. The summed E-state index contributed by atoms with van der Waals surface area (Å²) in [7, 11) is -1.91. The second-order valence-corrected chi connectivity index (χ2v) is 10.4. The van der Waals surface area contributed by atoms with Crippen molar-refractivity contribution in [3.8, 4) is 0 Å². The molecule has 125 valence electrons. The van der Waals surface area contributed by atoms with Crippen LogP contribution in [-0.4, -0.2) is 39.1 Å².